The summed E-state index contributed by atoms with van der Waals surface area (Å²) in [6.07, 6.45) is -8.52. The maximum atomic E-state index is 13.6. The van der Waals surface area contributed by atoms with Crippen LogP contribution in [0.2, 0.25) is 0 Å². The Morgan fingerprint density at radius 1 is 1.03 bits per heavy atom. The molecule has 3 aromatic rings. The number of benzene rings is 1. The molecule has 0 aliphatic carbocycles. The molecule has 0 saturated carbocycles. The fraction of sp³-hybridized carbons (Fsp3) is 0.273. The van der Waals surface area contributed by atoms with Gasteiger partial charge in [-0.2, -0.15) is 26.3 Å². The van der Waals surface area contributed by atoms with E-state index in [4.69, 9.17) is 0 Å². The van der Waals surface area contributed by atoms with E-state index in [2.05, 4.69) is 20.3 Å². The zero-order valence-electron chi connectivity index (χ0n) is 17.8. The highest BCUT2D eigenvalue weighted by atomic mass is 19.4. The molecule has 0 aliphatic rings. The van der Waals surface area contributed by atoms with Crippen molar-refractivity contribution in [3.8, 4) is 22.6 Å². The van der Waals surface area contributed by atoms with Crippen molar-refractivity contribution in [3.05, 3.63) is 69.8 Å². The molecule has 12 heteroatoms. The first-order chi connectivity index (χ1) is 15.8. The van der Waals surface area contributed by atoms with Gasteiger partial charge in [-0.25, -0.2) is 4.98 Å². The molecule has 0 fully saturated rings. The first kappa shape index (κ1) is 24.9. The Bertz CT molecular complexity index is 1250. The van der Waals surface area contributed by atoms with E-state index in [0.29, 0.717) is 0 Å². The topological polar surface area (TPSA) is 87.7 Å². The summed E-state index contributed by atoms with van der Waals surface area (Å²) in [6.45, 7) is 3.18. The van der Waals surface area contributed by atoms with E-state index in [1.807, 2.05) is 0 Å². The lowest BCUT2D eigenvalue weighted by Gasteiger charge is -2.14. The Labute approximate surface area is 189 Å². The van der Waals surface area contributed by atoms with Crippen LogP contribution in [-0.2, 0) is 23.7 Å². The molecule has 0 spiro atoms. The molecular weight excluding hydrogens is 466 g/mol. The number of hydrogen-bond acceptors (Lipinski definition) is 4. The van der Waals surface area contributed by atoms with E-state index in [-0.39, 0.29) is 35.2 Å². The van der Waals surface area contributed by atoms with E-state index in [9.17, 15) is 35.9 Å². The Morgan fingerprint density at radius 2 is 1.68 bits per heavy atom. The summed E-state index contributed by atoms with van der Waals surface area (Å²) in [5, 5.41) is 2.56. The second-order valence-electron chi connectivity index (χ2n) is 7.66. The molecular formula is C22H18F6N4O2. The maximum absolute atomic E-state index is 13.6. The predicted octanol–water partition coefficient (Wildman–Crippen LogP) is 4.81. The standard InChI is InChI=1S/C22H18F6N4O2/c1-11(2)20(34)30-10-12-7-15(18(29-9-12)22(26,27)28)19-31-16(8-17(33)32-19)13-3-5-14(6-4-13)21(23,24)25/h3-9,11H,10H2,1-2H3,(H,30,34)(H,31,32,33). The molecule has 0 bridgehead atoms. The van der Waals surface area contributed by atoms with E-state index >= 15 is 0 Å². The summed E-state index contributed by atoms with van der Waals surface area (Å²) >= 11 is 0. The van der Waals surface area contributed by atoms with E-state index in [0.717, 1.165) is 42.6 Å². The molecule has 180 valence electrons. The Kier molecular flexibility index (Phi) is 6.80. The maximum Gasteiger partial charge on any atom is 0.434 e. The smallest absolute Gasteiger partial charge is 0.352 e. The van der Waals surface area contributed by atoms with Crippen LogP contribution in [0.25, 0.3) is 22.6 Å². The van der Waals surface area contributed by atoms with Gasteiger partial charge in [0.2, 0.25) is 5.91 Å². The average molecular weight is 484 g/mol. The Balaban J connectivity index is 2.07. The number of hydrogen-bond donors (Lipinski definition) is 2. The van der Waals surface area contributed by atoms with Crippen LogP contribution in [0.1, 0.15) is 30.7 Å². The van der Waals surface area contributed by atoms with Crippen molar-refractivity contribution in [2.75, 3.05) is 0 Å². The van der Waals surface area contributed by atoms with Crippen LogP contribution >= 0.6 is 0 Å². The predicted molar refractivity (Wildman–Crippen MR) is 110 cm³/mol. The minimum atomic E-state index is -4.89. The van der Waals surface area contributed by atoms with Gasteiger partial charge in [0.1, 0.15) is 5.82 Å². The zero-order valence-corrected chi connectivity index (χ0v) is 17.8. The van der Waals surface area contributed by atoms with Crippen molar-refractivity contribution in [2.24, 2.45) is 5.92 Å². The second kappa shape index (κ2) is 9.27. The van der Waals surface area contributed by atoms with Crippen LogP contribution in [-0.4, -0.2) is 20.9 Å². The third-order valence-corrected chi connectivity index (χ3v) is 4.71. The van der Waals surface area contributed by atoms with Crippen molar-refractivity contribution < 1.29 is 31.1 Å². The number of nitrogens with one attached hydrogen (secondary N) is 2. The van der Waals surface area contributed by atoms with E-state index in [1.165, 1.54) is 0 Å². The van der Waals surface area contributed by atoms with Gasteiger partial charge in [0, 0.05) is 35.9 Å². The third-order valence-electron chi connectivity index (χ3n) is 4.71. The van der Waals surface area contributed by atoms with Crippen LogP contribution in [0.5, 0.6) is 0 Å². The summed E-state index contributed by atoms with van der Waals surface area (Å²) in [5.41, 5.74) is -3.41. The summed E-state index contributed by atoms with van der Waals surface area (Å²) in [4.78, 5) is 33.7. The number of aromatic nitrogens is 3. The molecule has 0 atom stereocenters. The van der Waals surface area contributed by atoms with Gasteiger partial charge in [0.05, 0.1) is 11.3 Å². The minimum Gasteiger partial charge on any atom is -0.352 e. The molecule has 2 heterocycles. The van der Waals surface area contributed by atoms with Crippen LogP contribution < -0.4 is 10.9 Å². The Morgan fingerprint density at radius 3 is 2.24 bits per heavy atom. The van der Waals surface area contributed by atoms with Gasteiger partial charge in [-0.3, -0.25) is 14.6 Å². The number of rotatable bonds is 5. The molecule has 0 radical (unpaired) electrons. The number of alkyl halides is 6. The lowest BCUT2D eigenvalue weighted by atomic mass is 10.1. The highest BCUT2D eigenvalue weighted by molar-refractivity contribution is 5.77. The molecule has 0 aliphatic heterocycles. The quantitative estimate of drug-likeness (QED) is 0.509. The summed E-state index contributed by atoms with van der Waals surface area (Å²) in [6, 6.07) is 5.73. The summed E-state index contributed by atoms with van der Waals surface area (Å²) < 4.78 is 79.3. The second-order valence-corrected chi connectivity index (χ2v) is 7.66. The highest BCUT2D eigenvalue weighted by Gasteiger charge is 2.36. The Hall–Kier alpha value is -3.70. The number of amides is 1. The molecule has 34 heavy (non-hydrogen) atoms. The van der Waals surface area contributed by atoms with Crippen LogP contribution in [0.15, 0.2) is 47.4 Å². The van der Waals surface area contributed by atoms with E-state index in [1.54, 1.807) is 13.8 Å². The third kappa shape index (κ3) is 5.80. The monoisotopic (exact) mass is 484 g/mol. The summed E-state index contributed by atoms with van der Waals surface area (Å²) in [7, 11) is 0. The highest BCUT2D eigenvalue weighted by Crippen LogP contribution is 2.35. The van der Waals surface area contributed by atoms with Gasteiger partial charge >= 0.3 is 12.4 Å². The van der Waals surface area contributed by atoms with E-state index < -0.39 is 40.6 Å². The van der Waals surface area contributed by atoms with Crippen LogP contribution in [0.4, 0.5) is 26.3 Å². The normalized spacial score (nSPS) is 12.1. The van der Waals surface area contributed by atoms with Gasteiger partial charge < -0.3 is 10.3 Å². The van der Waals surface area contributed by atoms with Crippen molar-refractivity contribution >= 4 is 5.91 Å². The van der Waals surface area contributed by atoms with Crippen molar-refractivity contribution in [2.45, 2.75) is 32.7 Å². The van der Waals surface area contributed by atoms with Gasteiger partial charge in [0.25, 0.3) is 5.56 Å². The first-order valence-corrected chi connectivity index (χ1v) is 9.89. The lowest BCUT2D eigenvalue weighted by molar-refractivity contribution is -0.140. The summed E-state index contributed by atoms with van der Waals surface area (Å²) in [5.74, 6) is -1.14. The number of pyridine rings is 1. The number of carbonyl (C=O) groups is 1. The molecule has 1 amide bonds. The fourth-order valence-electron chi connectivity index (χ4n) is 2.97. The molecule has 2 aromatic heterocycles. The van der Waals surface area contributed by atoms with Gasteiger partial charge in [-0.15, -0.1) is 0 Å². The SMILES string of the molecule is CC(C)C(=O)NCc1cnc(C(F)(F)F)c(-c2nc(-c3ccc(C(F)(F)F)cc3)cc(=O)[nH]2)c1. The fourth-order valence-corrected chi connectivity index (χ4v) is 2.97. The number of carbonyl (C=O) groups excluding carboxylic acids is 1. The number of aromatic amines is 1. The van der Waals surface area contributed by atoms with Crippen molar-refractivity contribution in [3.63, 3.8) is 0 Å². The molecule has 3 rings (SSSR count). The molecule has 1 aromatic carbocycles. The van der Waals surface area contributed by atoms with Gasteiger partial charge in [0.15, 0.2) is 5.69 Å². The number of H-pyrrole nitrogens is 1. The average Bonchev–Trinajstić information content (AvgIpc) is 2.75. The van der Waals surface area contributed by atoms with Crippen molar-refractivity contribution in [1.82, 2.24) is 20.3 Å². The lowest BCUT2D eigenvalue weighted by Crippen LogP contribution is -2.27. The molecule has 2 N–H and O–H groups in total. The van der Waals surface area contributed by atoms with Crippen molar-refractivity contribution in [1.29, 1.82) is 0 Å². The largest absolute Gasteiger partial charge is 0.434 e. The van der Waals surface area contributed by atoms with Gasteiger partial charge in [-0.1, -0.05) is 26.0 Å². The van der Waals surface area contributed by atoms with Crippen LogP contribution in [0.3, 0.4) is 0 Å². The molecule has 0 unspecified atom stereocenters. The zero-order chi connectivity index (χ0) is 25.3. The van der Waals surface area contributed by atoms with Gasteiger partial charge in [-0.05, 0) is 23.8 Å². The first-order valence-electron chi connectivity index (χ1n) is 9.89. The number of nitrogens with zero attached hydrogens (tertiary/aromatic N) is 2. The number of halogens is 6. The minimum absolute atomic E-state index is 0.0993. The van der Waals surface area contributed by atoms with Crippen LogP contribution in [0, 0.1) is 5.92 Å². The molecule has 0 saturated heterocycles. The molecule has 6 nitrogen and oxygen atoms in total.